The van der Waals surface area contributed by atoms with Gasteiger partial charge in [-0.25, -0.2) is 4.79 Å². The summed E-state index contributed by atoms with van der Waals surface area (Å²) in [5.74, 6) is -0.968. The summed E-state index contributed by atoms with van der Waals surface area (Å²) in [6, 6.07) is 1.67. The van der Waals surface area contributed by atoms with Crippen molar-refractivity contribution in [3.05, 3.63) is 24.0 Å². The molecule has 0 unspecified atom stereocenters. The van der Waals surface area contributed by atoms with Crippen LogP contribution in [0.5, 0.6) is 0 Å². The molecule has 5 nitrogen and oxygen atoms in total. The van der Waals surface area contributed by atoms with Crippen LogP contribution in [0.3, 0.4) is 0 Å². The molecule has 0 aromatic carbocycles. The molecule has 1 aromatic rings. The van der Waals surface area contributed by atoms with Crippen molar-refractivity contribution in [2.75, 3.05) is 25.1 Å². The number of carbonyl (C=O) groups is 1. The normalized spacial score (nSPS) is 10.3. The van der Waals surface area contributed by atoms with Crippen LogP contribution < -0.4 is 5.32 Å². The lowest BCUT2D eigenvalue weighted by molar-refractivity contribution is 0.0697. The smallest absolute Gasteiger partial charge is 0.339 e. The van der Waals surface area contributed by atoms with Gasteiger partial charge in [-0.15, -0.1) is 0 Å². The van der Waals surface area contributed by atoms with Gasteiger partial charge in [0.25, 0.3) is 0 Å². The van der Waals surface area contributed by atoms with Gasteiger partial charge >= 0.3 is 5.97 Å². The second kappa shape index (κ2) is 8.47. The summed E-state index contributed by atoms with van der Waals surface area (Å²) in [7, 11) is 0. The number of hydrogen-bond acceptors (Lipinski definition) is 4. The van der Waals surface area contributed by atoms with E-state index in [-0.39, 0.29) is 5.56 Å². The molecule has 18 heavy (non-hydrogen) atoms. The number of unbranched alkanes of at least 4 members (excludes halogenated alkanes) is 1. The standard InChI is InChI=1S/C13H20N2O3/c1-2-3-8-18-9-4-6-15-12-5-7-14-10-11(12)13(16)17/h5,7,10H,2-4,6,8-9H2,1H3,(H,14,15)(H,16,17). The Morgan fingerprint density at radius 2 is 2.22 bits per heavy atom. The highest BCUT2D eigenvalue weighted by molar-refractivity contribution is 5.93. The Labute approximate surface area is 107 Å². The number of carboxylic acids is 1. The van der Waals surface area contributed by atoms with Gasteiger partial charge in [-0.05, 0) is 18.9 Å². The summed E-state index contributed by atoms with van der Waals surface area (Å²) in [6.45, 7) is 4.31. The van der Waals surface area contributed by atoms with Gasteiger partial charge in [0.2, 0.25) is 0 Å². The predicted molar refractivity (Wildman–Crippen MR) is 70.0 cm³/mol. The molecule has 0 spiro atoms. The Hall–Kier alpha value is -1.62. The first-order chi connectivity index (χ1) is 8.75. The van der Waals surface area contributed by atoms with E-state index in [4.69, 9.17) is 9.84 Å². The van der Waals surface area contributed by atoms with Crippen molar-refractivity contribution in [3.8, 4) is 0 Å². The Bertz CT molecular complexity index is 369. The number of nitrogens with zero attached hydrogens (tertiary/aromatic N) is 1. The largest absolute Gasteiger partial charge is 0.478 e. The fourth-order valence-corrected chi connectivity index (χ4v) is 1.46. The molecule has 0 amide bonds. The first-order valence-corrected chi connectivity index (χ1v) is 6.24. The fourth-order valence-electron chi connectivity index (χ4n) is 1.46. The van der Waals surface area contributed by atoms with Crippen LogP contribution in [0.25, 0.3) is 0 Å². The zero-order valence-corrected chi connectivity index (χ0v) is 10.7. The molecule has 5 heteroatoms. The molecule has 2 N–H and O–H groups in total. The average Bonchev–Trinajstić information content (AvgIpc) is 2.38. The molecule has 1 rings (SSSR count). The summed E-state index contributed by atoms with van der Waals surface area (Å²) in [6.07, 6.45) is 6.00. The summed E-state index contributed by atoms with van der Waals surface area (Å²) < 4.78 is 5.42. The zero-order valence-electron chi connectivity index (χ0n) is 10.7. The number of rotatable bonds is 9. The van der Waals surface area contributed by atoms with Crippen molar-refractivity contribution in [1.82, 2.24) is 4.98 Å². The fraction of sp³-hybridized carbons (Fsp3) is 0.538. The van der Waals surface area contributed by atoms with Crippen LogP contribution in [-0.2, 0) is 4.74 Å². The van der Waals surface area contributed by atoms with Crippen molar-refractivity contribution in [3.63, 3.8) is 0 Å². The number of nitrogens with one attached hydrogen (secondary N) is 1. The third-order valence-corrected chi connectivity index (χ3v) is 2.47. The van der Waals surface area contributed by atoms with Crippen molar-refractivity contribution >= 4 is 11.7 Å². The number of pyridine rings is 1. The predicted octanol–water partition coefficient (Wildman–Crippen LogP) is 2.40. The molecule has 1 heterocycles. The van der Waals surface area contributed by atoms with Crippen molar-refractivity contribution < 1.29 is 14.6 Å². The average molecular weight is 252 g/mol. The van der Waals surface area contributed by atoms with Gasteiger partial charge in [0.1, 0.15) is 5.56 Å². The molecule has 0 bridgehead atoms. The Morgan fingerprint density at radius 1 is 1.44 bits per heavy atom. The van der Waals surface area contributed by atoms with E-state index in [0.29, 0.717) is 18.8 Å². The SMILES string of the molecule is CCCCOCCCNc1ccncc1C(=O)O. The molecule has 0 saturated carbocycles. The molecular weight excluding hydrogens is 232 g/mol. The molecule has 0 aliphatic heterocycles. The van der Waals surface area contributed by atoms with E-state index in [1.165, 1.54) is 6.20 Å². The quantitative estimate of drug-likeness (QED) is 0.660. The summed E-state index contributed by atoms with van der Waals surface area (Å²) >= 11 is 0. The lowest BCUT2D eigenvalue weighted by atomic mass is 10.2. The van der Waals surface area contributed by atoms with Gasteiger partial charge in [-0.3, -0.25) is 4.98 Å². The molecule has 0 atom stereocenters. The van der Waals surface area contributed by atoms with Crippen LogP contribution in [0.15, 0.2) is 18.5 Å². The lowest BCUT2D eigenvalue weighted by Crippen LogP contribution is -2.10. The number of hydrogen-bond donors (Lipinski definition) is 2. The maximum Gasteiger partial charge on any atom is 0.339 e. The van der Waals surface area contributed by atoms with E-state index in [1.807, 2.05) is 0 Å². The van der Waals surface area contributed by atoms with E-state index in [2.05, 4.69) is 17.2 Å². The first-order valence-electron chi connectivity index (χ1n) is 6.24. The molecular formula is C13H20N2O3. The number of ether oxygens (including phenoxy) is 1. The van der Waals surface area contributed by atoms with Gasteiger partial charge in [-0.1, -0.05) is 13.3 Å². The van der Waals surface area contributed by atoms with E-state index in [9.17, 15) is 4.79 Å². The van der Waals surface area contributed by atoms with Gasteiger partial charge in [-0.2, -0.15) is 0 Å². The van der Waals surface area contributed by atoms with Crippen molar-refractivity contribution in [1.29, 1.82) is 0 Å². The number of aromatic carboxylic acids is 1. The van der Waals surface area contributed by atoms with E-state index < -0.39 is 5.97 Å². The Morgan fingerprint density at radius 3 is 2.94 bits per heavy atom. The van der Waals surface area contributed by atoms with E-state index >= 15 is 0 Å². The molecule has 0 aliphatic carbocycles. The van der Waals surface area contributed by atoms with Crippen LogP contribution in [-0.4, -0.2) is 35.8 Å². The second-order valence-corrected chi connectivity index (χ2v) is 3.97. The monoisotopic (exact) mass is 252 g/mol. The third-order valence-electron chi connectivity index (χ3n) is 2.47. The van der Waals surface area contributed by atoms with Crippen LogP contribution in [0.1, 0.15) is 36.5 Å². The number of aromatic nitrogens is 1. The molecule has 1 aromatic heterocycles. The third kappa shape index (κ3) is 5.14. The Kier molecular flexibility index (Phi) is 6.79. The van der Waals surface area contributed by atoms with Crippen LogP contribution in [0.2, 0.25) is 0 Å². The van der Waals surface area contributed by atoms with Gasteiger partial charge in [0.15, 0.2) is 0 Å². The number of anilines is 1. The minimum atomic E-state index is -0.968. The van der Waals surface area contributed by atoms with Gasteiger partial charge in [0.05, 0.1) is 5.69 Å². The summed E-state index contributed by atoms with van der Waals surface area (Å²) in [5, 5.41) is 12.0. The molecule has 0 fully saturated rings. The lowest BCUT2D eigenvalue weighted by Gasteiger charge is -2.09. The van der Waals surface area contributed by atoms with Crippen molar-refractivity contribution in [2.45, 2.75) is 26.2 Å². The summed E-state index contributed by atoms with van der Waals surface area (Å²) in [5.41, 5.74) is 0.801. The second-order valence-electron chi connectivity index (χ2n) is 3.97. The van der Waals surface area contributed by atoms with Crippen LogP contribution >= 0.6 is 0 Å². The van der Waals surface area contributed by atoms with Crippen molar-refractivity contribution in [2.24, 2.45) is 0 Å². The Balaban J connectivity index is 2.25. The molecule has 0 saturated heterocycles. The van der Waals surface area contributed by atoms with Gasteiger partial charge in [0, 0.05) is 32.2 Å². The maximum atomic E-state index is 10.9. The molecule has 0 aliphatic rings. The maximum absolute atomic E-state index is 10.9. The molecule has 0 radical (unpaired) electrons. The highest BCUT2D eigenvalue weighted by atomic mass is 16.5. The molecule has 100 valence electrons. The van der Waals surface area contributed by atoms with E-state index in [1.54, 1.807) is 12.3 Å². The first kappa shape index (κ1) is 14.4. The van der Waals surface area contributed by atoms with Crippen LogP contribution in [0.4, 0.5) is 5.69 Å². The minimum absolute atomic E-state index is 0.199. The highest BCUT2D eigenvalue weighted by Gasteiger charge is 2.08. The van der Waals surface area contributed by atoms with Crippen LogP contribution in [0, 0.1) is 0 Å². The highest BCUT2D eigenvalue weighted by Crippen LogP contribution is 2.12. The van der Waals surface area contributed by atoms with E-state index in [0.717, 1.165) is 25.9 Å². The summed E-state index contributed by atoms with van der Waals surface area (Å²) in [4.78, 5) is 14.7. The topological polar surface area (TPSA) is 71.5 Å². The van der Waals surface area contributed by atoms with Gasteiger partial charge < -0.3 is 15.2 Å². The number of carboxylic acid groups (broad SMARTS) is 1. The minimum Gasteiger partial charge on any atom is -0.478 e. The zero-order chi connectivity index (χ0) is 13.2.